The van der Waals surface area contributed by atoms with Crippen LogP contribution in [0.4, 0.5) is 0 Å². The molecule has 0 saturated carbocycles. The molecule has 0 rings (SSSR count). The van der Waals surface area contributed by atoms with Gasteiger partial charge in [-0.25, -0.2) is 0 Å². The number of allylic oxidation sites excluding steroid dienone is 14. The second-order valence-corrected chi connectivity index (χ2v) is 24.1. The molecule has 0 radical (unpaired) electrons. The van der Waals surface area contributed by atoms with E-state index < -0.39 is 6.10 Å². The molecule has 480 valence electrons. The van der Waals surface area contributed by atoms with E-state index in [0.29, 0.717) is 19.3 Å². The second-order valence-electron chi connectivity index (χ2n) is 24.1. The highest BCUT2D eigenvalue weighted by Gasteiger charge is 2.19. The fourth-order valence-electron chi connectivity index (χ4n) is 10.5. The Morgan fingerprint density at radius 3 is 0.735 bits per heavy atom. The smallest absolute Gasteiger partial charge is 0.306 e. The molecule has 1 atom stereocenters. The van der Waals surface area contributed by atoms with Gasteiger partial charge in [0.15, 0.2) is 6.10 Å². The maximum absolute atomic E-state index is 13.0. The minimum atomic E-state index is -0.777. The molecule has 0 aliphatic carbocycles. The molecular formula is C77H136O6. The minimum Gasteiger partial charge on any atom is -0.462 e. The lowest BCUT2D eigenvalue weighted by molar-refractivity contribution is -0.167. The highest BCUT2D eigenvalue weighted by atomic mass is 16.6. The summed E-state index contributed by atoms with van der Waals surface area (Å²) in [5, 5.41) is 0. The molecular weight excluding hydrogens is 1020 g/mol. The molecule has 6 heteroatoms. The van der Waals surface area contributed by atoms with Gasteiger partial charge in [-0.2, -0.15) is 0 Å². The van der Waals surface area contributed by atoms with Crippen LogP contribution < -0.4 is 0 Å². The van der Waals surface area contributed by atoms with Gasteiger partial charge < -0.3 is 14.2 Å². The van der Waals surface area contributed by atoms with Gasteiger partial charge in [-0.1, -0.05) is 337 Å². The van der Waals surface area contributed by atoms with Crippen molar-refractivity contribution >= 4 is 17.9 Å². The van der Waals surface area contributed by atoms with Gasteiger partial charge in [0, 0.05) is 19.3 Å². The molecule has 0 fully saturated rings. The Labute approximate surface area is 515 Å². The van der Waals surface area contributed by atoms with Gasteiger partial charge in [-0.05, 0) is 96.3 Å². The van der Waals surface area contributed by atoms with Crippen molar-refractivity contribution in [3.05, 3.63) is 85.1 Å². The molecule has 0 aromatic heterocycles. The molecule has 0 aromatic rings. The molecule has 0 spiro atoms. The van der Waals surface area contributed by atoms with E-state index in [1.807, 2.05) is 0 Å². The first-order chi connectivity index (χ1) is 41.0. The van der Waals surface area contributed by atoms with E-state index in [1.165, 1.54) is 231 Å². The Kier molecular flexibility index (Phi) is 68.2. The van der Waals surface area contributed by atoms with Gasteiger partial charge in [0.25, 0.3) is 0 Å². The fourth-order valence-corrected chi connectivity index (χ4v) is 10.5. The molecule has 6 nitrogen and oxygen atoms in total. The van der Waals surface area contributed by atoms with Crippen LogP contribution in [0.25, 0.3) is 0 Å². The number of hydrogen-bond donors (Lipinski definition) is 0. The summed E-state index contributed by atoms with van der Waals surface area (Å²) >= 11 is 0. The quantitative estimate of drug-likeness (QED) is 0.0261. The summed E-state index contributed by atoms with van der Waals surface area (Å²) in [4.78, 5) is 38.5. The number of carbonyl (C=O) groups excluding carboxylic acids is 3. The number of hydrogen-bond acceptors (Lipinski definition) is 6. The van der Waals surface area contributed by atoms with Crippen molar-refractivity contribution in [1.29, 1.82) is 0 Å². The van der Waals surface area contributed by atoms with E-state index in [0.717, 1.165) is 96.3 Å². The molecule has 0 aromatic carbocycles. The molecule has 83 heavy (non-hydrogen) atoms. The predicted octanol–water partition coefficient (Wildman–Crippen LogP) is 25.0. The zero-order valence-corrected chi connectivity index (χ0v) is 55.2. The van der Waals surface area contributed by atoms with Crippen LogP contribution in [0, 0.1) is 0 Å². The van der Waals surface area contributed by atoms with Gasteiger partial charge in [-0.15, -0.1) is 0 Å². The standard InChI is InChI=1S/C77H136O6/c1-4-7-10-13-16-19-22-25-27-29-31-33-35-36-37-38-39-40-42-43-45-47-49-52-55-58-61-64-67-70-76(79)82-73-74(72-81-75(78)69-66-63-60-57-54-51-24-21-18-15-12-9-6-3)83-77(80)71-68-65-62-59-56-53-50-48-46-44-41-34-32-30-28-26-23-20-17-14-11-8-5-2/h7,10,16,19,23,25-27,30-33,36-37,74H,4-6,8-9,11-15,17-18,20-22,24,28-29,34-35,38-73H2,1-3H3/b10-7-,19-16-,26-23-,27-25-,32-30-,33-31-,37-36-. The third-order valence-corrected chi connectivity index (χ3v) is 15.9. The molecule has 0 aliphatic heterocycles. The highest BCUT2D eigenvalue weighted by Crippen LogP contribution is 2.18. The summed E-state index contributed by atoms with van der Waals surface area (Å²) in [5.41, 5.74) is 0. The average Bonchev–Trinajstić information content (AvgIpc) is 3.49. The molecule has 0 amide bonds. The van der Waals surface area contributed by atoms with Crippen LogP contribution in [0.5, 0.6) is 0 Å². The summed E-state index contributed by atoms with van der Waals surface area (Å²) in [6.07, 6.45) is 94.7. The third kappa shape index (κ3) is 69.3. The van der Waals surface area contributed by atoms with E-state index in [2.05, 4.69) is 106 Å². The Morgan fingerprint density at radius 2 is 0.470 bits per heavy atom. The lowest BCUT2D eigenvalue weighted by Gasteiger charge is -2.18. The summed E-state index contributed by atoms with van der Waals surface area (Å²) in [5.74, 6) is -0.855. The third-order valence-electron chi connectivity index (χ3n) is 15.9. The topological polar surface area (TPSA) is 78.9 Å². The number of rotatable bonds is 66. The zero-order valence-electron chi connectivity index (χ0n) is 55.2. The lowest BCUT2D eigenvalue weighted by atomic mass is 10.0. The van der Waals surface area contributed by atoms with Gasteiger partial charge in [0.2, 0.25) is 0 Å². The van der Waals surface area contributed by atoms with Crippen LogP contribution in [0.2, 0.25) is 0 Å². The number of ether oxygens (including phenoxy) is 3. The zero-order chi connectivity index (χ0) is 59.9. The van der Waals surface area contributed by atoms with Gasteiger partial charge in [0.05, 0.1) is 0 Å². The maximum atomic E-state index is 13.0. The summed E-state index contributed by atoms with van der Waals surface area (Å²) in [6, 6.07) is 0. The number of esters is 3. The molecule has 0 aliphatic rings. The fraction of sp³-hybridized carbons (Fsp3) is 0.779. The second kappa shape index (κ2) is 71.1. The van der Waals surface area contributed by atoms with Crippen molar-refractivity contribution in [3.8, 4) is 0 Å². The van der Waals surface area contributed by atoms with Gasteiger partial charge >= 0.3 is 17.9 Å². The van der Waals surface area contributed by atoms with Crippen molar-refractivity contribution in [3.63, 3.8) is 0 Å². The van der Waals surface area contributed by atoms with E-state index in [9.17, 15) is 14.4 Å². The maximum Gasteiger partial charge on any atom is 0.306 e. The first kappa shape index (κ1) is 79.6. The molecule has 0 bridgehead atoms. The molecule has 0 saturated heterocycles. The van der Waals surface area contributed by atoms with Gasteiger partial charge in [-0.3, -0.25) is 14.4 Å². The Morgan fingerprint density at radius 1 is 0.253 bits per heavy atom. The van der Waals surface area contributed by atoms with E-state index in [4.69, 9.17) is 14.2 Å². The molecule has 1 unspecified atom stereocenters. The van der Waals surface area contributed by atoms with Crippen LogP contribution in [-0.4, -0.2) is 37.2 Å². The van der Waals surface area contributed by atoms with Gasteiger partial charge in [0.1, 0.15) is 13.2 Å². The molecule has 0 heterocycles. The predicted molar refractivity (Wildman–Crippen MR) is 362 cm³/mol. The van der Waals surface area contributed by atoms with Crippen molar-refractivity contribution in [2.45, 2.75) is 374 Å². The summed E-state index contributed by atoms with van der Waals surface area (Å²) in [6.45, 7) is 6.57. The van der Waals surface area contributed by atoms with E-state index in [-0.39, 0.29) is 31.1 Å². The number of unbranched alkanes of at least 4 members (excludes halogenated alkanes) is 41. The first-order valence-corrected chi connectivity index (χ1v) is 36.1. The van der Waals surface area contributed by atoms with E-state index in [1.54, 1.807) is 0 Å². The van der Waals surface area contributed by atoms with Crippen LogP contribution in [0.1, 0.15) is 367 Å². The largest absolute Gasteiger partial charge is 0.462 e. The van der Waals surface area contributed by atoms with Crippen LogP contribution in [-0.2, 0) is 28.6 Å². The highest BCUT2D eigenvalue weighted by molar-refractivity contribution is 5.71. The van der Waals surface area contributed by atoms with Crippen molar-refractivity contribution in [2.75, 3.05) is 13.2 Å². The minimum absolute atomic E-state index is 0.0724. The van der Waals surface area contributed by atoms with Crippen molar-refractivity contribution in [2.24, 2.45) is 0 Å². The van der Waals surface area contributed by atoms with Crippen LogP contribution >= 0.6 is 0 Å². The normalized spacial score (nSPS) is 12.6. The Hall–Kier alpha value is -3.41. The summed E-state index contributed by atoms with van der Waals surface area (Å²) < 4.78 is 17.0. The summed E-state index contributed by atoms with van der Waals surface area (Å²) in [7, 11) is 0. The Balaban J connectivity index is 4.25. The average molecular weight is 1160 g/mol. The van der Waals surface area contributed by atoms with Crippen molar-refractivity contribution in [1.82, 2.24) is 0 Å². The van der Waals surface area contributed by atoms with Crippen molar-refractivity contribution < 1.29 is 28.6 Å². The van der Waals surface area contributed by atoms with E-state index >= 15 is 0 Å². The SMILES string of the molecule is CC/C=C\C/C=C\C/C=C\C/C=C\C/C=C\CCCCCCCCCCCCCCCC(=O)OCC(COC(=O)CCCCCCCCCCCCCCC)OC(=O)CCCCCCCCCCCCC/C=C\C/C=C\CCCCCCC. The monoisotopic (exact) mass is 1160 g/mol. The first-order valence-electron chi connectivity index (χ1n) is 36.1. The lowest BCUT2D eigenvalue weighted by Crippen LogP contribution is -2.30. The van der Waals surface area contributed by atoms with Crippen LogP contribution in [0.3, 0.4) is 0 Å². The molecule has 0 N–H and O–H groups in total. The van der Waals surface area contributed by atoms with Crippen LogP contribution in [0.15, 0.2) is 85.1 Å². The Bertz CT molecular complexity index is 1570. The number of carbonyl (C=O) groups is 3.